The van der Waals surface area contributed by atoms with Gasteiger partial charge in [-0.1, -0.05) is 11.6 Å². The van der Waals surface area contributed by atoms with Crippen LogP contribution in [0.5, 0.6) is 0 Å². The molecule has 2 N–H and O–H groups in total. The van der Waals surface area contributed by atoms with Crippen molar-refractivity contribution in [3.63, 3.8) is 0 Å². The highest BCUT2D eigenvalue weighted by atomic mass is 35.5. The topological polar surface area (TPSA) is 87.5 Å². The first-order valence-electron chi connectivity index (χ1n) is 6.23. The zero-order valence-corrected chi connectivity index (χ0v) is 14.0. The molecule has 1 heterocycles. The monoisotopic (exact) mass is 370 g/mol. The molecule has 7 nitrogen and oxygen atoms in total. The number of hydrogen-bond acceptors (Lipinski definition) is 5. The maximum Gasteiger partial charge on any atom is 0.271 e. The Bertz CT molecular complexity index is 524. The molecule has 1 fully saturated rings. The number of nitrogens with one attached hydrogen (secondary N) is 2. The van der Waals surface area contributed by atoms with Crippen molar-refractivity contribution in [3.05, 3.63) is 33.3 Å². The van der Waals surface area contributed by atoms with E-state index in [9.17, 15) is 14.9 Å². The molecule has 0 bridgehead atoms. The summed E-state index contributed by atoms with van der Waals surface area (Å²) in [5, 5.41) is 16.6. The summed E-state index contributed by atoms with van der Waals surface area (Å²) in [5.74, 6) is -0.178. The third kappa shape index (κ3) is 5.94. The van der Waals surface area contributed by atoms with E-state index in [-0.39, 0.29) is 48.0 Å². The largest absolute Gasteiger partial charge is 0.324 e. The summed E-state index contributed by atoms with van der Waals surface area (Å²) in [7, 11) is 0. The van der Waals surface area contributed by atoms with Crippen LogP contribution in [0.3, 0.4) is 0 Å². The molecule has 10 heteroatoms. The predicted molar refractivity (Wildman–Crippen MR) is 90.5 cm³/mol. The second-order valence-electron chi connectivity index (χ2n) is 4.50. The van der Waals surface area contributed by atoms with Crippen molar-refractivity contribution in [2.45, 2.75) is 0 Å². The first kappa shape index (κ1) is 20.9. The molecular weight excluding hydrogens is 355 g/mol. The van der Waals surface area contributed by atoms with Gasteiger partial charge in [0.15, 0.2) is 0 Å². The van der Waals surface area contributed by atoms with Crippen molar-refractivity contribution in [3.8, 4) is 0 Å². The van der Waals surface area contributed by atoms with Crippen LogP contribution in [0.2, 0.25) is 5.02 Å². The number of nitro groups is 1. The quantitative estimate of drug-likeness (QED) is 0.624. The van der Waals surface area contributed by atoms with Gasteiger partial charge in [-0.05, 0) is 6.07 Å². The van der Waals surface area contributed by atoms with E-state index in [0.717, 1.165) is 26.2 Å². The molecule has 0 aromatic heterocycles. The Kier molecular flexibility index (Phi) is 9.31. The fourth-order valence-electron chi connectivity index (χ4n) is 1.98. The van der Waals surface area contributed by atoms with E-state index >= 15 is 0 Å². The standard InChI is InChI=1S/C12H15ClN4O3.2ClH/c13-10-7-9(17(19)20)1-2-11(10)15-12(18)8-16-5-3-14-4-6-16;;/h1-2,7,14H,3-6,8H2,(H,15,18);2*1H. The van der Waals surface area contributed by atoms with E-state index in [4.69, 9.17) is 11.6 Å². The molecule has 0 unspecified atom stereocenters. The highest BCUT2D eigenvalue weighted by Crippen LogP contribution is 2.26. The van der Waals surface area contributed by atoms with E-state index < -0.39 is 4.92 Å². The number of nitro benzene ring substituents is 1. The van der Waals surface area contributed by atoms with Crippen LogP contribution in [-0.4, -0.2) is 48.5 Å². The third-order valence-electron chi connectivity index (χ3n) is 3.01. The number of carbonyl (C=O) groups excluding carboxylic acids is 1. The number of carbonyl (C=O) groups is 1. The Morgan fingerprint density at radius 2 is 2.00 bits per heavy atom. The molecule has 124 valence electrons. The van der Waals surface area contributed by atoms with Gasteiger partial charge < -0.3 is 10.6 Å². The number of nitrogens with zero attached hydrogens (tertiary/aromatic N) is 2. The maximum atomic E-state index is 11.9. The van der Waals surface area contributed by atoms with Crippen LogP contribution in [0.1, 0.15) is 0 Å². The van der Waals surface area contributed by atoms with Gasteiger partial charge in [0, 0.05) is 38.3 Å². The lowest BCUT2D eigenvalue weighted by Crippen LogP contribution is -2.46. The highest BCUT2D eigenvalue weighted by Gasteiger charge is 2.15. The third-order valence-corrected chi connectivity index (χ3v) is 3.33. The number of amides is 1. The average molecular weight is 372 g/mol. The van der Waals surface area contributed by atoms with E-state index in [1.54, 1.807) is 0 Å². The molecular formula is C12H17Cl3N4O3. The Balaban J connectivity index is 0.00000220. The molecule has 1 aromatic rings. The molecule has 0 aliphatic carbocycles. The minimum Gasteiger partial charge on any atom is -0.324 e. The average Bonchev–Trinajstić information content (AvgIpc) is 2.42. The van der Waals surface area contributed by atoms with Gasteiger partial charge in [0.2, 0.25) is 5.91 Å². The number of anilines is 1. The van der Waals surface area contributed by atoms with E-state index in [0.29, 0.717) is 5.69 Å². The lowest BCUT2D eigenvalue weighted by molar-refractivity contribution is -0.384. The van der Waals surface area contributed by atoms with Crippen molar-refractivity contribution in [2.75, 3.05) is 38.0 Å². The first-order valence-corrected chi connectivity index (χ1v) is 6.61. The summed E-state index contributed by atoms with van der Waals surface area (Å²) < 4.78 is 0. The fraction of sp³-hybridized carbons (Fsp3) is 0.417. The van der Waals surface area contributed by atoms with Gasteiger partial charge in [0.1, 0.15) is 0 Å². The zero-order valence-electron chi connectivity index (χ0n) is 11.6. The molecule has 1 aromatic carbocycles. The van der Waals surface area contributed by atoms with Crippen molar-refractivity contribution >= 4 is 53.7 Å². The number of rotatable bonds is 4. The Hall–Kier alpha value is -1.12. The van der Waals surface area contributed by atoms with Crippen molar-refractivity contribution < 1.29 is 9.72 Å². The number of hydrogen-bond donors (Lipinski definition) is 2. The van der Waals surface area contributed by atoms with Crippen LogP contribution in [0.4, 0.5) is 11.4 Å². The van der Waals surface area contributed by atoms with Gasteiger partial charge >= 0.3 is 0 Å². The predicted octanol–water partition coefficient (Wildman–Crippen LogP) is 1.94. The molecule has 2 rings (SSSR count). The van der Waals surface area contributed by atoms with Crippen molar-refractivity contribution in [1.29, 1.82) is 0 Å². The van der Waals surface area contributed by atoms with Gasteiger partial charge in [-0.15, -0.1) is 24.8 Å². The van der Waals surface area contributed by atoms with Crippen molar-refractivity contribution in [1.82, 2.24) is 10.2 Å². The normalized spacial score (nSPS) is 14.4. The molecule has 0 atom stereocenters. The van der Waals surface area contributed by atoms with Crippen LogP contribution < -0.4 is 10.6 Å². The van der Waals surface area contributed by atoms with Gasteiger partial charge in [-0.3, -0.25) is 19.8 Å². The number of halogens is 3. The minimum absolute atomic E-state index is 0. The first-order chi connectivity index (χ1) is 9.56. The lowest BCUT2D eigenvalue weighted by Gasteiger charge is -2.26. The number of piperazine rings is 1. The molecule has 1 amide bonds. The number of non-ortho nitro benzene ring substituents is 1. The van der Waals surface area contributed by atoms with E-state index in [1.165, 1.54) is 18.2 Å². The van der Waals surface area contributed by atoms with Crippen LogP contribution >= 0.6 is 36.4 Å². The Labute approximate surface area is 145 Å². The van der Waals surface area contributed by atoms with Crippen molar-refractivity contribution in [2.24, 2.45) is 0 Å². The maximum absolute atomic E-state index is 11.9. The summed E-state index contributed by atoms with van der Waals surface area (Å²) in [5.41, 5.74) is 0.285. The molecule has 0 saturated carbocycles. The van der Waals surface area contributed by atoms with Gasteiger partial charge in [0.25, 0.3) is 5.69 Å². The second kappa shape index (κ2) is 9.81. The summed E-state index contributed by atoms with van der Waals surface area (Å²) in [6.45, 7) is 3.66. The summed E-state index contributed by atoms with van der Waals surface area (Å²) in [4.78, 5) is 24.0. The molecule has 0 radical (unpaired) electrons. The smallest absolute Gasteiger partial charge is 0.271 e. The van der Waals surface area contributed by atoms with Crippen LogP contribution in [0, 0.1) is 10.1 Å². The molecule has 22 heavy (non-hydrogen) atoms. The number of benzene rings is 1. The summed E-state index contributed by atoms with van der Waals surface area (Å²) in [6.07, 6.45) is 0. The zero-order chi connectivity index (χ0) is 14.5. The van der Waals surface area contributed by atoms with Gasteiger partial charge in [0.05, 0.1) is 22.2 Å². The van der Waals surface area contributed by atoms with Crippen LogP contribution in [0.25, 0.3) is 0 Å². The van der Waals surface area contributed by atoms with Gasteiger partial charge in [-0.2, -0.15) is 0 Å². The minimum atomic E-state index is -0.530. The Morgan fingerprint density at radius 1 is 1.36 bits per heavy atom. The fourth-order valence-corrected chi connectivity index (χ4v) is 2.20. The molecule has 0 spiro atoms. The summed E-state index contributed by atoms with van der Waals surface area (Å²) in [6, 6.07) is 3.98. The molecule has 1 aliphatic rings. The van der Waals surface area contributed by atoms with Crippen LogP contribution in [-0.2, 0) is 4.79 Å². The highest BCUT2D eigenvalue weighted by molar-refractivity contribution is 6.34. The van der Waals surface area contributed by atoms with Gasteiger partial charge in [-0.25, -0.2) is 0 Å². The Morgan fingerprint density at radius 3 is 2.55 bits per heavy atom. The second-order valence-corrected chi connectivity index (χ2v) is 4.90. The molecule has 1 aliphatic heterocycles. The van der Waals surface area contributed by atoms with Crippen LogP contribution in [0.15, 0.2) is 18.2 Å². The SMILES string of the molecule is Cl.Cl.O=C(CN1CCNCC1)Nc1ccc([N+](=O)[O-])cc1Cl. The van der Waals surface area contributed by atoms with E-state index in [1.807, 2.05) is 4.90 Å². The lowest BCUT2D eigenvalue weighted by atomic mass is 10.2. The molecule has 1 saturated heterocycles. The summed E-state index contributed by atoms with van der Waals surface area (Å²) >= 11 is 5.92. The van der Waals surface area contributed by atoms with E-state index in [2.05, 4.69) is 10.6 Å².